The standard InChI is InChI=1S/C8H5ClN3/c9-7-3-1-2-6(4-7)8-10-5-11-12-8/h1-5H. The molecule has 0 bridgehead atoms. The third-order valence-electron chi connectivity index (χ3n) is 1.47. The highest BCUT2D eigenvalue weighted by Gasteiger charge is 2.05. The molecule has 0 saturated carbocycles. The number of aliphatic imine (C=N–C) groups is 1. The summed E-state index contributed by atoms with van der Waals surface area (Å²) in [7, 11) is 0. The SMILES string of the molecule is Clc1cccc(C2=N[N]C=N2)c1. The summed E-state index contributed by atoms with van der Waals surface area (Å²) in [5.41, 5.74) is 4.51. The lowest BCUT2D eigenvalue weighted by atomic mass is 10.2. The molecule has 1 aromatic rings. The Morgan fingerprint density at radius 2 is 2.17 bits per heavy atom. The van der Waals surface area contributed by atoms with Crippen molar-refractivity contribution < 1.29 is 0 Å². The zero-order valence-corrected chi connectivity index (χ0v) is 6.86. The Kier molecular flexibility index (Phi) is 1.80. The number of nitrogens with zero attached hydrogens (tertiary/aromatic N) is 3. The van der Waals surface area contributed by atoms with Gasteiger partial charge in [-0.1, -0.05) is 23.7 Å². The largest absolute Gasteiger partial charge is 0.213 e. The van der Waals surface area contributed by atoms with Crippen LogP contribution in [0.1, 0.15) is 5.56 Å². The molecule has 1 aliphatic rings. The molecule has 0 atom stereocenters. The van der Waals surface area contributed by atoms with E-state index in [0.717, 1.165) is 5.56 Å². The normalized spacial score (nSPS) is 14.2. The summed E-state index contributed by atoms with van der Waals surface area (Å²) >= 11 is 5.79. The van der Waals surface area contributed by atoms with Gasteiger partial charge in [0.2, 0.25) is 0 Å². The summed E-state index contributed by atoms with van der Waals surface area (Å²) in [6.07, 6.45) is 1.41. The Morgan fingerprint density at radius 3 is 2.83 bits per heavy atom. The molecule has 0 spiro atoms. The van der Waals surface area contributed by atoms with E-state index < -0.39 is 0 Å². The Balaban J connectivity index is 2.40. The molecule has 4 heteroatoms. The molecule has 0 unspecified atom stereocenters. The van der Waals surface area contributed by atoms with Gasteiger partial charge in [0.15, 0.2) is 5.84 Å². The molecule has 0 N–H and O–H groups in total. The third-order valence-corrected chi connectivity index (χ3v) is 1.70. The first-order chi connectivity index (χ1) is 5.86. The molecule has 12 heavy (non-hydrogen) atoms. The highest BCUT2D eigenvalue weighted by atomic mass is 35.5. The van der Waals surface area contributed by atoms with Crippen molar-refractivity contribution in [2.75, 3.05) is 0 Å². The van der Waals surface area contributed by atoms with Crippen LogP contribution in [0.25, 0.3) is 0 Å². The molecule has 1 aliphatic heterocycles. The molecule has 1 radical (unpaired) electrons. The molecule has 0 amide bonds. The molecule has 0 fully saturated rings. The smallest absolute Gasteiger partial charge is 0.183 e. The Morgan fingerprint density at radius 1 is 1.25 bits per heavy atom. The summed E-state index contributed by atoms with van der Waals surface area (Å²) in [5.74, 6) is 0.609. The van der Waals surface area contributed by atoms with E-state index in [9.17, 15) is 0 Å². The summed E-state index contributed by atoms with van der Waals surface area (Å²) in [4.78, 5) is 3.95. The van der Waals surface area contributed by atoms with E-state index in [-0.39, 0.29) is 0 Å². The molecule has 3 nitrogen and oxygen atoms in total. The number of benzene rings is 1. The van der Waals surface area contributed by atoms with E-state index in [1.54, 1.807) is 12.1 Å². The predicted octanol–water partition coefficient (Wildman–Crippen LogP) is 1.65. The minimum absolute atomic E-state index is 0.609. The van der Waals surface area contributed by atoms with Gasteiger partial charge >= 0.3 is 0 Å². The van der Waals surface area contributed by atoms with Gasteiger partial charge in [-0.15, -0.1) is 10.5 Å². The van der Waals surface area contributed by atoms with E-state index in [4.69, 9.17) is 11.6 Å². The molecule has 0 saturated heterocycles. The summed E-state index contributed by atoms with van der Waals surface area (Å²) in [6, 6.07) is 7.36. The van der Waals surface area contributed by atoms with Crippen LogP contribution in [0.15, 0.2) is 34.4 Å². The molecule has 0 aliphatic carbocycles. The third kappa shape index (κ3) is 1.31. The van der Waals surface area contributed by atoms with Gasteiger partial charge in [-0.25, -0.2) is 4.99 Å². The molecule has 1 heterocycles. The van der Waals surface area contributed by atoms with Crippen molar-refractivity contribution in [2.45, 2.75) is 0 Å². The van der Waals surface area contributed by atoms with Gasteiger partial charge in [-0.2, -0.15) is 0 Å². The number of amidine groups is 1. The fourth-order valence-electron chi connectivity index (χ4n) is 0.947. The quantitative estimate of drug-likeness (QED) is 0.628. The monoisotopic (exact) mass is 178 g/mol. The zero-order chi connectivity index (χ0) is 8.39. The first-order valence-electron chi connectivity index (χ1n) is 3.42. The lowest BCUT2D eigenvalue weighted by molar-refractivity contribution is 1.06. The van der Waals surface area contributed by atoms with Gasteiger partial charge < -0.3 is 0 Å². The van der Waals surface area contributed by atoms with Crippen molar-refractivity contribution in [1.29, 1.82) is 0 Å². The first-order valence-corrected chi connectivity index (χ1v) is 3.80. The van der Waals surface area contributed by atoms with Gasteiger partial charge in [-0.05, 0) is 12.1 Å². The zero-order valence-electron chi connectivity index (χ0n) is 6.11. The van der Waals surface area contributed by atoms with Crippen molar-refractivity contribution in [3.8, 4) is 0 Å². The van der Waals surface area contributed by atoms with Crippen LogP contribution in [0.3, 0.4) is 0 Å². The number of hydrogen-bond acceptors (Lipinski definition) is 2. The van der Waals surface area contributed by atoms with Crippen molar-refractivity contribution in [1.82, 2.24) is 5.43 Å². The van der Waals surface area contributed by atoms with Crippen LogP contribution in [0.4, 0.5) is 0 Å². The molecule has 2 rings (SSSR count). The molecule has 59 valence electrons. The van der Waals surface area contributed by atoms with E-state index in [2.05, 4.69) is 15.5 Å². The number of halogens is 1. The summed E-state index contributed by atoms with van der Waals surface area (Å²) < 4.78 is 0. The van der Waals surface area contributed by atoms with Crippen molar-refractivity contribution in [2.24, 2.45) is 10.1 Å². The molecular formula is C8H5ClN3. The highest BCUT2D eigenvalue weighted by molar-refractivity contribution is 6.31. The van der Waals surface area contributed by atoms with E-state index in [0.29, 0.717) is 10.9 Å². The maximum atomic E-state index is 5.79. The van der Waals surface area contributed by atoms with Crippen LogP contribution in [0.5, 0.6) is 0 Å². The van der Waals surface area contributed by atoms with Gasteiger partial charge in [0.05, 0.1) is 0 Å². The minimum Gasteiger partial charge on any atom is -0.213 e. The maximum Gasteiger partial charge on any atom is 0.183 e. The van der Waals surface area contributed by atoms with Crippen LogP contribution in [0.2, 0.25) is 5.02 Å². The van der Waals surface area contributed by atoms with Gasteiger partial charge in [0, 0.05) is 10.6 Å². The lowest BCUT2D eigenvalue weighted by Gasteiger charge is -1.95. The van der Waals surface area contributed by atoms with Crippen molar-refractivity contribution >= 4 is 23.8 Å². The summed E-state index contributed by atoms with van der Waals surface area (Å²) in [5, 5.41) is 4.49. The summed E-state index contributed by atoms with van der Waals surface area (Å²) in [6.45, 7) is 0. The fourth-order valence-corrected chi connectivity index (χ4v) is 1.14. The average molecular weight is 179 g/mol. The molecule has 0 aromatic heterocycles. The second-order valence-electron chi connectivity index (χ2n) is 2.29. The van der Waals surface area contributed by atoms with E-state index in [1.165, 1.54) is 6.34 Å². The van der Waals surface area contributed by atoms with Gasteiger partial charge in [0.1, 0.15) is 6.34 Å². The minimum atomic E-state index is 0.609. The van der Waals surface area contributed by atoms with Crippen LogP contribution in [-0.4, -0.2) is 12.2 Å². The van der Waals surface area contributed by atoms with Gasteiger partial charge in [-0.3, -0.25) is 0 Å². The Labute approximate surface area is 74.8 Å². The molecule has 1 aromatic carbocycles. The first kappa shape index (κ1) is 7.31. The second kappa shape index (κ2) is 2.95. The van der Waals surface area contributed by atoms with Crippen LogP contribution in [0, 0.1) is 0 Å². The number of rotatable bonds is 1. The van der Waals surface area contributed by atoms with Crippen LogP contribution < -0.4 is 5.43 Å². The maximum absolute atomic E-state index is 5.79. The molecular weight excluding hydrogens is 174 g/mol. The number of hydrogen-bond donors (Lipinski definition) is 0. The Hall–Kier alpha value is -1.35. The van der Waals surface area contributed by atoms with Crippen LogP contribution in [-0.2, 0) is 0 Å². The van der Waals surface area contributed by atoms with Crippen molar-refractivity contribution in [3.05, 3.63) is 34.9 Å². The second-order valence-corrected chi connectivity index (χ2v) is 2.73. The van der Waals surface area contributed by atoms with E-state index >= 15 is 0 Å². The predicted molar refractivity (Wildman–Crippen MR) is 48.6 cm³/mol. The Bertz CT molecular complexity index is 357. The van der Waals surface area contributed by atoms with Gasteiger partial charge in [0.25, 0.3) is 0 Å². The van der Waals surface area contributed by atoms with Crippen molar-refractivity contribution in [3.63, 3.8) is 0 Å². The fraction of sp³-hybridized carbons (Fsp3) is 0. The average Bonchev–Trinajstić information content (AvgIpc) is 2.56. The van der Waals surface area contributed by atoms with Crippen LogP contribution >= 0.6 is 11.6 Å². The van der Waals surface area contributed by atoms with E-state index in [1.807, 2.05) is 12.1 Å². The highest BCUT2D eigenvalue weighted by Crippen LogP contribution is 2.12. The lowest BCUT2D eigenvalue weighted by Crippen LogP contribution is -1.93. The topological polar surface area (TPSA) is 38.8 Å².